The topological polar surface area (TPSA) is 0 Å². The van der Waals surface area contributed by atoms with E-state index in [1.54, 1.807) is 0 Å². The molecule has 0 heterocycles. The van der Waals surface area contributed by atoms with Gasteiger partial charge in [0.25, 0.3) is 0 Å². The molecule has 0 bridgehead atoms. The highest BCUT2D eigenvalue weighted by molar-refractivity contribution is 7.23. The van der Waals surface area contributed by atoms with Crippen LogP contribution in [0.25, 0.3) is 0 Å². The van der Waals surface area contributed by atoms with Gasteiger partial charge in [-0.1, -0.05) is 179 Å². The molecular formula is C30H57P. The lowest BCUT2D eigenvalue weighted by Gasteiger charge is -2.04. The Bertz CT molecular complexity index is 364. The largest absolute Gasteiger partial charge is 0.0979 e. The summed E-state index contributed by atoms with van der Waals surface area (Å²) < 4.78 is 0. The molecule has 182 valence electrons. The van der Waals surface area contributed by atoms with Crippen molar-refractivity contribution in [1.82, 2.24) is 0 Å². The molecule has 31 heavy (non-hydrogen) atoms. The Morgan fingerprint density at radius 2 is 0.581 bits per heavy atom. The zero-order valence-corrected chi connectivity index (χ0v) is 22.4. The zero-order valence-electron chi connectivity index (χ0n) is 21.5. The first-order valence-corrected chi connectivity index (χ1v) is 15.0. The smallest absolute Gasteiger partial charge is 0.0586 e. The Balaban J connectivity index is 3.00. The van der Waals surface area contributed by atoms with Crippen LogP contribution in [0.1, 0.15) is 180 Å². The number of unbranched alkanes of at least 4 members (excludes halogenated alkanes) is 26. The summed E-state index contributed by atoms with van der Waals surface area (Å²) in [6, 6.07) is 0. The lowest BCUT2D eigenvalue weighted by molar-refractivity contribution is 0.515. The first-order chi connectivity index (χ1) is 15.4. The predicted octanol–water partition coefficient (Wildman–Crippen LogP) is 11.9. The van der Waals surface area contributed by atoms with Gasteiger partial charge in [0, 0.05) is 6.42 Å². The molecule has 0 aliphatic rings. The van der Waals surface area contributed by atoms with E-state index in [0.29, 0.717) is 0 Å². The zero-order chi connectivity index (χ0) is 22.5. The van der Waals surface area contributed by atoms with Crippen molar-refractivity contribution in [2.75, 3.05) is 0 Å². The molecule has 0 saturated heterocycles. The Morgan fingerprint density at radius 1 is 0.355 bits per heavy atom. The van der Waals surface area contributed by atoms with E-state index in [1.165, 1.54) is 167 Å². The van der Waals surface area contributed by atoms with Gasteiger partial charge in [-0.2, -0.15) is 0 Å². The van der Waals surface area contributed by atoms with Crippen LogP contribution < -0.4 is 0 Å². The van der Waals surface area contributed by atoms with Crippen molar-refractivity contribution >= 4 is 9.24 Å². The molecule has 0 amide bonds. The minimum absolute atomic E-state index is 1.03. The first kappa shape index (κ1) is 31.0. The summed E-state index contributed by atoms with van der Waals surface area (Å²) in [7, 11) is 3.92. The van der Waals surface area contributed by atoms with E-state index in [4.69, 9.17) is 0 Å². The van der Waals surface area contributed by atoms with Gasteiger partial charge in [-0.25, -0.2) is 0 Å². The lowest BCUT2D eigenvalue weighted by atomic mass is 10.0. The monoisotopic (exact) mass is 448 g/mol. The summed E-state index contributed by atoms with van der Waals surface area (Å²) in [5, 5.41) is 0. The third kappa shape index (κ3) is 30.0. The van der Waals surface area contributed by atoms with Crippen LogP contribution in [0.2, 0.25) is 0 Å². The van der Waals surface area contributed by atoms with Crippen LogP contribution in [0.4, 0.5) is 0 Å². The molecule has 0 aromatic rings. The Morgan fingerprint density at radius 3 is 0.806 bits per heavy atom. The van der Waals surface area contributed by atoms with Crippen LogP contribution >= 0.6 is 9.24 Å². The van der Waals surface area contributed by atoms with Crippen molar-refractivity contribution in [3.8, 4) is 11.6 Å². The van der Waals surface area contributed by atoms with E-state index in [0.717, 1.165) is 6.42 Å². The van der Waals surface area contributed by atoms with E-state index >= 15 is 0 Å². The molecule has 0 nitrogen and oxygen atoms in total. The standard InChI is InChI=1S/C30H57P/c1-2-3-4-5-6-7-8-9-10-11-12-13-14-15-16-17-18-19-20-21-22-23-24-25-26-27-28-29-30-31/h2-28H2,1H3. The number of hydrogen-bond donors (Lipinski definition) is 0. The predicted molar refractivity (Wildman–Crippen MR) is 145 cm³/mol. The highest BCUT2D eigenvalue weighted by Crippen LogP contribution is 2.16. The lowest BCUT2D eigenvalue weighted by Crippen LogP contribution is -1.84. The van der Waals surface area contributed by atoms with Gasteiger partial charge < -0.3 is 0 Å². The van der Waals surface area contributed by atoms with Crippen molar-refractivity contribution in [2.45, 2.75) is 180 Å². The van der Waals surface area contributed by atoms with Gasteiger partial charge in [0.15, 0.2) is 0 Å². The number of rotatable bonds is 26. The van der Waals surface area contributed by atoms with Gasteiger partial charge in [-0.3, -0.25) is 0 Å². The summed E-state index contributed by atoms with van der Waals surface area (Å²) in [4.78, 5) is 0. The fourth-order valence-corrected chi connectivity index (χ4v) is 4.70. The first-order valence-electron chi connectivity index (χ1n) is 14.5. The molecule has 1 heteroatoms. The molecule has 0 fully saturated rings. The average Bonchev–Trinajstić information content (AvgIpc) is 2.78. The van der Waals surface area contributed by atoms with E-state index in [9.17, 15) is 0 Å². The van der Waals surface area contributed by atoms with Gasteiger partial charge in [0.05, 0.1) is 9.24 Å². The van der Waals surface area contributed by atoms with Gasteiger partial charge in [0.1, 0.15) is 0 Å². The second-order valence-corrected chi connectivity index (χ2v) is 10.1. The third-order valence-corrected chi connectivity index (χ3v) is 6.89. The van der Waals surface area contributed by atoms with Crippen molar-refractivity contribution in [1.29, 1.82) is 0 Å². The van der Waals surface area contributed by atoms with Crippen LogP contribution in [0, 0.1) is 11.6 Å². The van der Waals surface area contributed by atoms with Gasteiger partial charge in [-0.15, -0.1) is 0 Å². The molecule has 0 aromatic heterocycles. The van der Waals surface area contributed by atoms with Crippen LogP contribution in [0.5, 0.6) is 0 Å². The summed E-state index contributed by atoms with van der Waals surface area (Å²) in [6.45, 7) is 2.30. The van der Waals surface area contributed by atoms with E-state index < -0.39 is 0 Å². The van der Waals surface area contributed by atoms with Crippen molar-refractivity contribution in [3.05, 3.63) is 0 Å². The van der Waals surface area contributed by atoms with Gasteiger partial charge in [0.2, 0.25) is 0 Å². The molecule has 0 spiro atoms. The summed E-state index contributed by atoms with van der Waals surface area (Å²) in [6.07, 6.45) is 38.8. The minimum atomic E-state index is 1.03. The van der Waals surface area contributed by atoms with E-state index in [2.05, 4.69) is 27.7 Å². The fraction of sp³-hybridized carbons (Fsp3) is 0.933. The summed E-state index contributed by atoms with van der Waals surface area (Å²) >= 11 is 0. The normalized spacial score (nSPS) is 10.9. The maximum Gasteiger partial charge on any atom is 0.0586 e. The number of hydrogen-bond acceptors (Lipinski definition) is 0. The Hall–Kier alpha value is -0.0100. The van der Waals surface area contributed by atoms with Crippen molar-refractivity contribution in [3.63, 3.8) is 0 Å². The molecule has 0 atom stereocenters. The van der Waals surface area contributed by atoms with Crippen LogP contribution in [-0.2, 0) is 0 Å². The molecular weight excluding hydrogens is 391 g/mol. The van der Waals surface area contributed by atoms with Crippen LogP contribution in [0.3, 0.4) is 0 Å². The fourth-order valence-electron chi connectivity index (χ4n) is 4.59. The summed E-state index contributed by atoms with van der Waals surface area (Å²) in [5.74, 6) is 3.03. The molecule has 0 unspecified atom stereocenters. The molecule has 0 rings (SSSR count). The quantitative estimate of drug-likeness (QED) is 0.0701. The molecule has 0 aliphatic heterocycles. The van der Waals surface area contributed by atoms with Crippen molar-refractivity contribution in [2.24, 2.45) is 0 Å². The highest BCUT2D eigenvalue weighted by Gasteiger charge is 1.96. The second kappa shape index (κ2) is 30.0. The van der Waals surface area contributed by atoms with Crippen LogP contribution in [-0.4, -0.2) is 0 Å². The van der Waals surface area contributed by atoms with Crippen molar-refractivity contribution < 1.29 is 0 Å². The average molecular weight is 449 g/mol. The molecule has 0 aliphatic carbocycles. The Kier molecular flexibility index (Phi) is 30.0. The third-order valence-electron chi connectivity index (χ3n) is 6.73. The second-order valence-electron chi connectivity index (χ2n) is 9.88. The molecule has 0 N–H and O–H groups in total. The minimum Gasteiger partial charge on any atom is -0.0979 e. The van der Waals surface area contributed by atoms with E-state index in [1.807, 2.05) is 0 Å². The van der Waals surface area contributed by atoms with Gasteiger partial charge >= 0.3 is 0 Å². The van der Waals surface area contributed by atoms with Gasteiger partial charge in [-0.05, 0) is 6.42 Å². The summed E-state index contributed by atoms with van der Waals surface area (Å²) in [5.41, 5.74) is 2.68. The molecule has 0 saturated carbocycles. The van der Waals surface area contributed by atoms with Crippen LogP contribution in [0.15, 0.2) is 0 Å². The van der Waals surface area contributed by atoms with E-state index in [-0.39, 0.29) is 0 Å². The molecule has 2 radical (unpaired) electrons. The maximum absolute atomic E-state index is 3.92. The Labute approximate surface area is 201 Å². The SMILES string of the molecule is CCCCCCCCCCCCCCCCCCCCCCCCCCCCC#C[P]. The molecule has 0 aromatic carbocycles. The highest BCUT2D eigenvalue weighted by atomic mass is 31.0. The maximum atomic E-state index is 3.92.